The molecule has 0 aliphatic rings. The first-order chi connectivity index (χ1) is 9.52. The van der Waals surface area contributed by atoms with Crippen molar-refractivity contribution in [3.8, 4) is 0 Å². The highest BCUT2D eigenvalue weighted by molar-refractivity contribution is 6.04. The molecule has 0 saturated heterocycles. The summed E-state index contributed by atoms with van der Waals surface area (Å²) < 4.78 is 39.2. The van der Waals surface area contributed by atoms with Gasteiger partial charge in [0.1, 0.15) is 0 Å². The molecule has 0 heterocycles. The van der Waals surface area contributed by atoms with Crippen molar-refractivity contribution in [3.05, 3.63) is 65.0 Å². The normalized spacial score (nSPS) is 10.4. The summed E-state index contributed by atoms with van der Waals surface area (Å²) in [6.07, 6.45) is 0. The molecule has 0 atom stereocenters. The fraction of sp³-hybridized carbons (Fsp3) is 0.0714. The Balaban J connectivity index is 2.21. The van der Waals surface area contributed by atoms with E-state index < -0.39 is 29.0 Å². The van der Waals surface area contributed by atoms with Crippen LogP contribution in [-0.2, 0) is 6.54 Å². The molecule has 0 aliphatic heterocycles. The third-order valence-electron chi connectivity index (χ3n) is 2.74. The third kappa shape index (κ3) is 2.80. The number of carbonyl (C=O) groups excluding carboxylic acids is 1. The fourth-order valence-corrected chi connectivity index (χ4v) is 1.61. The van der Waals surface area contributed by atoms with Crippen molar-refractivity contribution in [2.75, 3.05) is 5.32 Å². The number of halogens is 3. The zero-order valence-electron chi connectivity index (χ0n) is 10.3. The van der Waals surface area contributed by atoms with Crippen LogP contribution in [0.5, 0.6) is 0 Å². The fourth-order valence-electron chi connectivity index (χ4n) is 1.61. The summed E-state index contributed by atoms with van der Waals surface area (Å²) in [7, 11) is 0. The largest absolute Gasteiger partial charge is 0.326 e. The summed E-state index contributed by atoms with van der Waals surface area (Å²) in [6.45, 7) is 0.333. The van der Waals surface area contributed by atoms with E-state index in [2.05, 4.69) is 5.32 Å². The monoisotopic (exact) mass is 280 g/mol. The van der Waals surface area contributed by atoms with Crippen molar-refractivity contribution >= 4 is 11.6 Å². The lowest BCUT2D eigenvalue weighted by atomic mass is 10.1. The van der Waals surface area contributed by atoms with Crippen molar-refractivity contribution in [1.82, 2.24) is 0 Å². The van der Waals surface area contributed by atoms with E-state index >= 15 is 0 Å². The van der Waals surface area contributed by atoms with Crippen molar-refractivity contribution in [2.24, 2.45) is 5.73 Å². The van der Waals surface area contributed by atoms with Gasteiger partial charge in [-0.2, -0.15) is 0 Å². The predicted octanol–water partition coefficient (Wildman–Crippen LogP) is 2.81. The maximum Gasteiger partial charge on any atom is 0.255 e. The number of anilines is 1. The van der Waals surface area contributed by atoms with Crippen LogP contribution < -0.4 is 11.1 Å². The summed E-state index contributed by atoms with van der Waals surface area (Å²) in [5.41, 5.74) is 6.09. The molecular formula is C14H11F3N2O. The Hall–Kier alpha value is -2.34. The van der Waals surface area contributed by atoms with E-state index in [4.69, 9.17) is 5.73 Å². The molecule has 2 rings (SSSR count). The number of carbonyl (C=O) groups is 1. The molecule has 0 radical (unpaired) electrons. The molecule has 20 heavy (non-hydrogen) atoms. The van der Waals surface area contributed by atoms with Crippen LogP contribution in [0.2, 0.25) is 0 Å². The van der Waals surface area contributed by atoms with Gasteiger partial charge < -0.3 is 11.1 Å². The Morgan fingerprint density at radius 2 is 1.65 bits per heavy atom. The van der Waals surface area contributed by atoms with Gasteiger partial charge in [-0.3, -0.25) is 4.79 Å². The van der Waals surface area contributed by atoms with Gasteiger partial charge in [0, 0.05) is 12.1 Å². The molecule has 0 fully saturated rings. The van der Waals surface area contributed by atoms with Crippen LogP contribution in [0.3, 0.4) is 0 Å². The van der Waals surface area contributed by atoms with Crippen LogP contribution in [-0.4, -0.2) is 5.91 Å². The van der Waals surface area contributed by atoms with Crippen molar-refractivity contribution in [1.29, 1.82) is 0 Å². The Labute approximate surface area is 113 Å². The second-order valence-electron chi connectivity index (χ2n) is 4.08. The maximum absolute atomic E-state index is 13.4. The van der Waals surface area contributed by atoms with E-state index in [0.717, 1.165) is 17.7 Å². The summed E-state index contributed by atoms with van der Waals surface area (Å²) in [4.78, 5) is 11.8. The van der Waals surface area contributed by atoms with Crippen LogP contribution >= 0.6 is 0 Å². The molecule has 1 amide bonds. The SMILES string of the molecule is NCc1ccc(C(=O)Nc2ccc(F)c(F)c2F)cc1. The van der Waals surface area contributed by atoms with E-state index in [1.165, 1.54) is 12.1 Å². The van der Waals surface area contributed by atoms with E-state index in [1.807, 2.05) is 0 Å². The lowest BCUT2D eigenvalue weighted by Crippen LogP contribution is -2.14. The van der Waals surface area contributed by atoms with E-state index in [-0.39, 0.29) is 5.56 Å². The van der Waals surface area contributed by atoms with Crippen molar-refractivity contribution in [3.63, 3.8) is 0 Å². The molecule has 0 bridgehead atoms. The molecule has 0 saturated carbocycles. The Bertz CT molecular complexity index is 642. The molecule has 3 N–H and O–H groups in total. The average molecular weight is 280 g/mol. The van der Waals surface area contributed by atoms with Gasteiger partial charge >= 0.3 is 0 Å². The smallest absolute Gasteiger partial charge is 0.255 e. The topological polar surface area (TPSA) is 55.1 Å². The first-order valence-electron chi connectivity index (χ1n) is 5.76. The molecule has 6 heteroatoms. The molecule has 104 valence electrons. The number of rotatable bonds is 3. The van der Waals surface area contributed by atoms with E-state index in [9.17, 15) is 18.0 Å². The highest BCUT2D eigenvalue weighted by Gasteiger charge is 2.15. The molecular weight excluding hydrogens is 269 g/mol. The average Bonchev–Trinajstić information content (AvgIpc) is 2.48. The van der Waals surface area contributed by atoms with Crippen molar-refractivity contribution < 1.29 is 18.0 Å². The molecule has 0 aromatic heterocycles. The molecule has 0 aliphatic carbocycles. The number of benzene rings is 2. The van der Waals surface area contributed by atoms with E-state index in [0.29, 0.717) is 6.54 Å². The summed E-state index contributed by atoms with van der Waals surface area (Å²) in [5.74, 6) is -5.00. The second-order valence-corrected chi connectivity index (χ2v) is 4.08. The first kappa shape index (κ1) is 14.1. The zero-order chi connectivity index (χ0) is 14.7. The van der Waals surface area contributed by atoms with Crippen LogP contribution in [0, 0.1) is 17.5 Å². The van der Waals surface area contributed by atoms with Gasteiger partial charge in [0.15, 0.2) is 17.5 Å². The Morgan fingerprint density at radius 1 is 1.00 bits per heavy atom. The standard InChI is InChI=1S/C14H11F3N2O/c15-10-5-6-11(13(17)12(10)16)19-14(20)9-3-1-8(7-18)2-4-9/h1-6H,7,18H2,(H,19,20). The van der Waals surface area contributed by atoms with Gasteiger partial charge in [-0.15, -0.1) is 0 Å². The summed E-state index contributed by atoms with van der Waals surface area (Å²) in [6, 6.07) is 8.02. The number of hydrogen-bond donors (Lipinski definition) is 2. The van der Waals surface area contributed by atoms with Gasteiger partial charge in [-0.1, -0.05) is 12.1 Å². The van der Waals surface area contributed by atoms with Crippen LogP contribution in [0.15, 0.2) is 36.4 Å². The maximum atomic E-state index is 13.4. The zero-order valence-corrected chi connectivity index (χ0v) is 10.3. The van der Waals surface area contributed by atoms with E-state index in [1.54, 1.807) is 12.1 Å². The molecule has 3 nitrogen and oxygen atoms in total. The molecule has 2 aromatic carbocycles. The highest BCUT2D eigenvalue weighted by Crippen LogP contribution is 2.20. The minimum absolute atomic E-state index is 0.256. The predicted molar refractivity (Wildman–Crippen MR) is 68.6 cm³/mol. The van der Waals surface area contributed by atoms with Gasteiger partial charge in [0.05, 0.1) is 5.69 Å². The summed E-state index contributed by atoms with van der Waals surface area (Å²) >= 11 is 0. The molecule has 0 unspecified atom stereocenters. The number of amides is 1. The third-order valence-corrected chi connectivity index (χ3v) is 2.74. The number of nitrogens with two attached hydrogens (primary N) is 1. The Kier molecular flexibility index (Phi) is 4.05. The van der Waals surface area contributed by atoms with Gasteiger partial charge in [-0.25, -0.2) is 13.2 Å². The van der Waals surface area contributed by atoms with Crippen molar-refractivity contribution in [2.45, 2.75) is 6.54 Å². The van der Waals surface area contributed by atoms with Crippen LogP contribution in [0.25, 0.3) is 0 Å². The quantitative estimate of drug-likeness (QED) is 0.849. The van der Waals surface area contributed by atoms with Gasteiger partial charge in [0.2, 0.25) is 0 Å². The van der Waals surface area contributed by atoms with Crippen LogP contribution in [0.1, 0.15) is 15.9 Å². The number of hydrogen-bond acceptors (Lipinski definition) is 2. The minimum atomic E-state index is -1.62. The van der Waals surface area contributed by atoms with Gasteiger partial charge in [0.25, 0.3) is 5.91 Å². The second kappa shape index (κ2) is 5.75. The highest BCUT2D eigenvalue weighted by atomic mass is 19.2. The lowest BCUT2D eigenvalue weighted by Gasteiger charge is -2.07. The first-order valence-corrected chi connectivity index (χ1v) is 5.76. The van der Waals surface area contributed by atoms with Gasteiger partial charge in [-0.05, 0) is 29.8 Å². The summed E-state index contributed by atoms with van der Waals surface area (Å²) in [5, 5.41) is 2.18. The molecule has 0 spiro atoms. The Morgan fingerprint density at radius 3 is 2.25 bits per heavy atom. The molecule has 2 aromatic rings. The van der Waals surface area contributed by atoms with Crippen LogP contribution in [0.4, 0.5) is 18.9 Å². The number of nitrogens with one attached hydrogen (secondary N) is 1. The lowest BCUT2D eigenvalue weighted by molar-refractivity contribution is 0.102. The minimum Gasteiger partial charge on any atom is -0.326 e.